The van der Waals surface area contributed by atoms with E-state index < -0.39 is 0 Å². The van der Waals surface area contributed by atoms with Gasteiger partial charge in [-0.05, 0) is 41.2 Å². The van der Waals surface area contributed by atoms with Crippen molar-refractivity contribution in [2.75, 3.05) is 11.1 Å². The molecule has 2 aromatic carbocycles. The van der Waals surface area contributed by atoms with Gasteiger partial charge >= 0.3 is 0 Å². The smallest absolute Gasteiger partial charge is 0.0454 e. The van der Waals surface area contributed by atoms with Gasteiger partial charge < -0.3 is 11.1 Å². The molecule has 0 heterocycles. The van der Waals surface area contributed by atoms with Crippen LogP contribution in [0.4, 0.5) is 17.1 Å². The summed E-state index contributed by atoms with van der Waals surface area (Å²) in [7, 11) is 0. The Bertz CT molecular complexity index is 559. The molecule has 106 valence electrons. The van der Waals surface area contributed by atoms with Crippen molar-refractivity contribution in [3.05, 3.63) is 53.6 Å². The van der Waals surface area contributed by atoms with Gasteiger partial charge in [-0.1, -0.05) is 52.0 Å². The van der Waals surface area contributed by atoms with Crippen molar-refractivity contribution in [3.63, 3.8) is 0 Å². The van der Waals surface area contributed by atoms with Crippen molar-refractivity contribution in [2.24, 2.45) is 0 Å². The van der Waals surface area contributed by atoms with Crippen LogP contribution in [0.25, 0.3) is 0 Å². The van der Waals surface area contributed by atoms with Crippen molar-refractivity contribution in [3.8, 4) is 0 Å². The molecule has 0 bridgehead atoms. The molecule has 0 amide bonds. The number of anilines is 3. The summed E-state index contributed by atoms with van der Waals surface area (Å²) in [5, 5.41) is 3.56. The molecular formula is C18H24N2. The average Bonchev–Trinajstić information content (AvgIpc) is 2.38. The Kier molecular flexibility index (Phi) is 4.33. The van der Waals surface area contributed by atoms with Crippen molar-refractivity contribution in [1.29, 1.82) is 0 Å². The van der Waals surface area contributed by atoms with Crippen LogP contribution < -0.4 is 11.1 Å². The summed E-state index contributed by atoms with van der Waals surface area (Å²) in [4.78, 5) is 0. The van der Waals surface area contributed by atoms with Crippen LogP contribution in [0, 0.1) is 0 Å². The molecule has 2 heteroatoms. The van der Waals surface area contributed by atoms with Crippen molar-refractivity contribution >= 4 is 17.1 Å². The van der Waals surface area contributed by atoms with Crippen molar-refractivity contribution in [1.82, 2.24) is 0 Å². The first-order chi connectivity index (χ1) is 9.49. The molecule has 2 aromatic rings. The second kappa shape index (κ2) is 6.00. The van der Waals surface area contributed by atoms with Gasteiger partial charge in [-0.15, -0.1) is 0 Å². The van der Waals surface area contributed by atoms with Crippen LogP contribution in [0.3, 0.4) is 0 Å². The number of nitrogens with one attached hydrogen (secondary N) is 1. The lowest BCUT2D eigenvalue weighted by molar-refractivity contribution is 0.838. The average molecular weight is 268 g/mol. The lowest BCUT2D eigenvalue weighted by atomic mass is 9.92. The van der Waals surface area contributed by atoms with Gasteiger partial charge in [0.25, 0.3) is 0 Å². The monoisotopic (exact) mass is 268 g/mol. The summed E-state index contributed by atoms with van der Waals surface area (Å²) in [6.45, 7) is 8.90. The molecule has 20 heavy (non-hydrogen) atoms. The summed E-state index contributed by atoms with van der Waals surface area (Å²) in [5.41, 5.74) is 11.6. The number of benzene rings is 2. The van der Waals surface area contributed by atoms with E-state index >= 15 is 0 Å². The molecule has 0 aliphatic heterocycles. The highest BCUT2D eigenvalue weighted by Crippen LogP contribution is 2.34. The number of hydrogen-bond acceptors (Lipinski definition) is 2. The number of nitrogens with two attached hydrogens (primary N) is 1. The SMILES string of the molecule is CC(C)c1cccc(C(C)C)c1Nc1cccc(N)c1. The Morgan fingerprint density at radius 3 is 1.90 bits per heavy atom. The van der Waals surface area contributed by atoms with Crippen LogP contribution in [-0.4, -0.2) is 0 Å². The second-order valence-corrected chi connectivity index (χ2v) is 5.87. The Hall–Kier alpha value is -1.96. The largest absolute Gasteiger partial charge is 0.399 e. The highest BCUT2D eigenvalue weighted by atomic mass is 14.9. The summed E-state index contributed by atoms with van der Waals surface area (Å²) in [6, 6.07) is 14.5. The Balaban J connectivity index is 2.48. The van der Waals surface area contributed by atoms with Crippen LogP contribution >= 0.6 is 0 Å². The van der Waals surface area contributed by atoms with E-state index in [4.69, 9.17) is 5.73 Å². The van der Waals surface area contributed by atoms with Gasteiger partial charge in [-0.2, -0.15) is 0 Å². The van der Waals surface area contributed by atoms with E-state index in [0.29, 0.717) is 11.8 Å². The van der Waals surface area contributed by atoms with Crippen LogP contribution in [0.1, 0.15) is 50.7 Å². The van der Waals surface area contributed by atoms with Gasteiger partial charge in [0.1, 0.15) is 0 Å². The quantitative estimate of drug-likeness (QED) is 0.742. The maximum Gasteiger partial charge on any atom is 0.0454 e. The fourth-order valence-corrected chi connectivity index (χ4v) is 2.46. The van der Waals surface area contributed by atoms with E-state index in [1.165, 1.54) is 16.8 Å². The Morgan fingerprint density at radius 1 is 0.850 bits per heavy atom. The Morgan fingerprint density at radius 2 is 1.40 bits per heavy atom. The Labute approximate surface area is 122 Å². The number of hydrogen-bond donors (Lipinski definition) is 2. The third-order valence-electron chi connectivity index (χ3n) is 3.53. The van der Waals surface area contributed by atoms with Crippen molar-refractivity contribution in [2.45, 2.75) is 39.5 Å². The third kappa shape index (κ3) is 3.13. The molecule has 3 N–H and O–H groups in total. The summed E-state index contributed by atoms with van der Waals surface area (Å²) in [6.07, 6.45) is 0. The topological polar surface area (TPSA) is 38.0 Å². The zero-order valence-electron chi connectivity index (χ0n) is 12.8. The predicted molar refractivity (Wildman–Crippen MR) is 88.8 cm³/mol. The number of para-hydroxylation sites is 1. The van der Waals surface area contributed by atoms with E-state index in [2.05, 4.69) is 57.3 Å². The molecular weight excluding hydrogens is 244 g/mol. The fraction of sp³-hybridized carbons (Fsp3) is 0.333. The molecule has 0 saturated carbocycles. The molecule has 0 aliphatic carbocycles. The summed E-state index contributed by atoms with van der Waals surface area (Å²) >= 11 is 0. The number of nitrogen functional groups attached to an aromatic ring is 1. The first-order valence-electron chi connectivity index (χ1n) is 7.24. The second-order valence-electron chi connectivity index (χ2n) is 5.87. The zero-order chi connectivity index (χ0) is 14.7. The van der Waals surface area contributed by atoms with Gasteiger partial charge in [0.2, 0.25) is 0 Å². The first-order valence-corrected chi connectivity index (χ1v) is 7.24. The van der Waals surface area contributed by atoms with Gasteiger partial charge in [0.15, 0.2) is 0 Å². The van der Waals surface area contributed by atoms with Crippen LogP contribution in [0.15, 0.2) is 42.5 Å². The third-order valence-corrected chi connectivity index (χ3v) is 3.53. The molecule has 0 fully saturated rings. The van der Waals surface area contributed by atoms with Gasteiger partial charge in [0, 0.05) is 17.1 Å². The van der Waals surface area contributed by atoms with E-state index in [1.54, 1.807) is 0 Å². The molecule has 0 atom stereocenters. The fourth-order valence-electron chi connectivity index (χ4n) is 2.46. The van der Waals surface area contributed by atoms with Crippen molar-refractivity contribution < 1.29 is 0 Å². The maximum atomic E-state index is 5.87. The number of rotatable bonds is 4. The highest BCUT2D eigenvalue weighted by molar-refractivity contribution is 5.70. The molecule has 0 radical (unpaired) electrons. The molecule has 0 aromatic heterocycles. The highest BCUT2D eigenvalue weighted by Gasteiger charge is 2.13. The molecule has 2 rings (SSSR count). The van der Waals surface area contributed by atoms with E-state index in [0.717, 1.165) is 11.4 Å². The molecule has 0 saturated heterocycles. The minimum absolute atomic E-state index is 0.484. The van der Waals surface area contributed by atoms with Gasteiger partial charge in [-0.3, -0.25) is 0 Å². The molecule has 0 aliphatic rings. The maximum absolute atomic E-state index is 5.87. The lowest BCUT2D eigenvalue weighted by Crippen LogP contribution is -2.03. The summed E-state index contributed by atoms with van der Waals surface area (Å²) in [5.74, 6) is 0.967. The van der Waals surface area contributed by atoms with Gasteiger partial charge in [-0.25, -0.2) is 0 Å². The predicted octanol–water partition coefficient (Wildman–Crippen LogP) is 5.26. The van der Waals surface area contributed by atoms with E-state index in [1.807, 2.05) is 18.2 Å². The van der Waals surface area contributed by atoms with Crippen LogP contribution in [-0.2, 0) is 0 Å². The standard InChI is InChI=1S/C18H24N2/c1-12(2)16-9-6-10-17(13(3)4)18(16)20-15-8-5-7-14(19)11-15/h5-13,20H,19H2,1-4H3. The summed E-state index contributed by atoms with van der Waals surface area (Å²) < 4.78 is 0. The van der Waals surface area contributed by atoms with E-state index in [-0.39, 0.29) is 0 Å². The molecule has 0 unspecified atom stereocenters. The van der Waals surface area contributed by atoms with Crippen LogP contribution in [0.5, 0.6) is 0 Å². The normalized spacial score (nSPS) is 11.1. The minimum Gasteiger partial charge on any atom is -0.399 e. The molecule has 2 nitrogen and oxygen atoms in total. The minimum atomic E-state index is 0.484. The van der Waals surface area contributed by atoms with Gasteiger partial charge in [0.05, 0.1) is 0 Å². The first kappa shape index (κ1) is 14.4. The van der Waals surface area contributed by atoms with E-state index in [9.17, 15) is 0 Å². The van der Waals surface area contributed by atoms with Crippen LogP contribution in [0.2, 0.25) is 0 Å². The molecule has 0 spiro atoms. The zero-order valence-corrected chi connectivity index (χ0v) is 12.8. The lowest BCUT2D eigenvalue weighted by Gasteiger charge is -2.21.